The first kappa shape index (κ1) is 13.4. The zero-order valence-electron chi connectivity index (χ0n) is 11.7. The predicted octanol–water partition coefficient (Wildman–Crippen LogP) is 2.55. The molecule has 5 heteroatoms. The normalized spacial score (nSPS) is 11.5. The van der Waals surface area contributed by atoms with Crippen LogP contribution in [0.25, 0.3) is 11.0 Å². The maximum absolute atomic E-state index is 11.1. The van der Waals surface area contributed by atoms with E-state index in [-0.39, 0.29) is 5.69 Å². The molecule has 2 aromatic rings. The Labute approximate surface area is 112 Å². The van der Waals surface area contributed by atoms with Crippen LogP contribution in [0.4, 0.5) is 5.88 Å². The van der Waals surface area contributed by atoms with Gasteiger partial charge in [0.15, 0.2) is 5.88 Å². The quantitative estimate of drug-likeness (QED) is 0.918. The summed E-state index contributed by atoms with van der Waals surface area (Å²) in [6.45, 7) is 8.45. The first-order valence-corrected chi connectivity index (χ1v) is 6.38. The third kappa shape index (κ3) is 2.54. The van der Waals surface area contributed by atoms with Gasteiger partial charge in [-0.2, -0.15) is 0 Å². The van der Waals surface area contributed by atoms with Crippen molar-refractivity contribution in [3.63, 3.8) is 0 Å². The summed E-state index contributed by atoms with van der Waals surface area (Å²) in [6.07, 6.45) is 1.61. The molecule has 102 valence electrons. The van der Waals surface area contributed by atoms with Gasteiger partial charge in [0.05, 0.1) is 0 Å². The van der Waals surface area contributed by atoms with Gasteiger partial charge >= 0.3 is 0 Å². The monoisotopic (exact) mass is 261 g/mol. The lowest BCUT2D eigenvalue weighted by Gasteiger charge is -2.30. The van der Waals surface area contributed by atoms with Crippen molar-refractivity contribution in [1.29, 1.82) is 0 Å². The van der Waals surface area contributed by atoms with Crippen LogP contribution in [0.15, 0.2) is 22.7 Å². The highest BCUT2D eigenvalue weighted by Gasteiger charge is 2.18. The lowest BCUT2D eigenvalue weighted by atomic mass is 10.2. The summed E-state index contributed by atoms with van der Waals surface area (Å²) in [6, 6.07) is 4.17. The van der Waals surface area contributed by atoms with Crippen molar-refractivity contribution in [2.24, 2.45) is 5.73 Å². The van der Waals surface area contributed by atoms with Crippen LogP contribution in [-0.2, 0) is 0 Å². The molecule has 0 saturated heterocycles. The molecule has 0 unspecified atom stereocenters. The second-order valence-corrected chi connectivity index (χ2v) is 5.15. The number of aromatic nitrogens is 1. The predicted molar refractivity (Wildman–Crippen MR) is 75.3 cm³/mol. The van der Waals surface area contributed by atoms with Gasteiger partial charge in [0.25, 0.3) is 5.91 Å². The number of pyridine rings is 1. The number of carbonyl (C=O) groups is 1. The highest BCUT2D eigenvalue weighted by Crippen LogP contribution is 2.28. The van der Waals surface area contributed by atoms with E-state index in [2.05, 4.69) is 37.6 Å². The molecule has 2 rings (SSSR count). The average molecular weight is 261 g/mol. The molecule has 0 saturated carbocycles. The minimum atomic E-state index is -0.551. The Bertz CT molecular complexity index is 594. The number of furan rings is 1. The van der Waals surface area contributed by atoms with Gasteiger partial charge in [0.2, 0.25) is 0 Å². The van der Waals surface area contributed by atoms with E-state index in [0.717, 1.165) is 11.3 Å². The first-order valence-electron chi connectivity index (χ1n) is 6.38. The smallest absolute Gasteiger partial charge is 0.267 e. The van der Waals surface area contributed by atoms with Crippen LogP contribution in [-0.4, -0.2) is 23.0 Å². The first-order chi connectivity index (χ1) is 8.90. The van der Waals surface area contributed by atoms with Gasteiger partial charge in [-0.05, 0) is 27.7 Å². The number of carbonyl (C=O) groups excluding carboxylic acids is 1. The summed E-state index contributed by atoms with van der Waals surface area (Å²) in [5.74, 6) is 0.229. The number of hydrogen-bond donors (Lipinski definition) is 1. The maximum Gasteiger partial charge on any atom is 0.267 e. The van der Waals surface area contributed by atoms with E-state index in [9.17, 15) is 4.79 Å². The van der Waals surface area contributed by atoms with Crippen LogP contribution in [0.1, 0.15) is 38.2 Å². The van der Waals surface area contributed by atoms with Gasteiger partial charge in [0.1, 0.15) is 11.3 Å². The molecular weight excluding hydrogens is 242 g/mol. The van der Waals surface area contributed by atoms with Crippen molar-refractivity contribution in [1.82, 2.24) is 4.98 Å². The molecule has 0 atom stereocenters. The maximum atomic E-state index is 11.1. The number of hydrogen-bond acceptors (Lipinski definition) is 4. The molecule has 2 heterocycles. The number of amides is 1. The molecule has 0 aliphatic carbocycles. The van der Waals surface area contributed by atoms with Gasteiger partial charge in [-0.25, -0.2) is 0 Å². The van der Waals surface area contributed by atoms with E-state index < -0.39 is 5.91 Å². The van der Waals surface area contributed by atoms with E-state index in [1.165, 1.54) is 0 Å². The number of primary amides is 1. The third-order valence-electron chi connectivity index (χ3n) is 3.01. The Balaban J connectivity index is 2.48. The SMILES string of the molecule is CC(C)N(c1cc2cnc(C(N)=O)cc2o1)C(C)C. The highest BCUT2D eigenvalue weighted by atomic mass is 16.4. The molecule has 0 bridgehead atoms. The molecule has 19 heavy (non-hydrogen) atoms. The van der Waals surface area contributed by atoms with Crippen molar-refractivity contribution < 1.29 is 9.21 Å². The van der Waals surface area contributed by atoms with Gasteiger partial charge < -0.3 is 15.1 Å². The fourth-order valence-corrected chi connectivity index (χ4v) is 2.29. The van der Waals surface area contributed by atoms with Crippen LogP contribution in [0.3, 0.4) is 0 Å². The molecule has 2 aromatic heterocycles. The van der Waals surface area contributed by atoms with Crippen LogP contribution in [0, 0.1) is 0 Å². The zero-order chi connectivity index (χ0) is 14.2. The summed E-state index contributed by atoms with van der Waals surface area (Å²) in [7, 11) is 0. The second kappa shape index (κ2) is 4.91. The fourth-order valence-electron chi connectivity index (χ4n) is 2.29. The summed E-state index contributed by atoms with van der Waals surface area (Å²) in [5.41, 5.74) is 6.06. The standard InChI is InChI=1S/C14H19N3O2/c1-8(2)17(9(3)4)13-5-10-7-16-11(14(15)18)6-12(10)19-13/h5-9H,1-4H3,(H2,15,18). The van der Waals surface area contributed by atoms with Gasteiger partial charge in [-0.1, -0.05) is 0 Å². The topological polar surface area (TPSA) is 72.4 Å². The van der Waals surface area contributed by atoms with Crippen molar-refractivity contribution in [2.45, 2.75) is 39.8 Å². The van der Waals surface area contributed by atoms with Crippen molar-refractivity contribution in [3.8, 4) is 0 Å². The summed E-state index contributed by atoms with van der Waals surface area (Å²) < 4.78 is 5.82. The largest absolute Gasteiger partial charge is 0.440 e. The zero-order valence-corrected chi connectivity index (χ0v) is 11.7. The van der Waals surface area contributed by atoms with Crippen LogP contribution >= 0.6 is 0 Å². The Kier molecular flexibility index (Phi) is 3.46. The van der Waals surface area contributed by atoms with Gasteiger partial charge in [0, 0.05) is 35.8 Å². The molecule has 0 radical (unpaired) electrons. The number of rotatable bonds is 4. The molecular formula is C14H19N3O2. The second-order valence-electron chi connectivity index (χ2n) is 5.15. The molecule has 0 aliphatic rings. The van der Waals surface area contributed by atoms with E-state index in [1.54, 1.807) is 12.3 Å². The Morgan fingerprint density at radius 1 is 1.26 bits per heavy atom. The molecule has 0 fully saturated rings. The van der Waals surface area contributed by atoms with Crippen LogP contribution in [0.5, 0.6) is 0 Å². The number of nitrogens with two attached hydrogens (primary N) is 1. The number of fused-ring (bicyclic) bond motifs is 1. The van der Waals surface area contributed by atoms with Crippen molar-refractivity contribution in [2.75, 3.05) is 4.90 Å². The van der Waals surface area contributed by atoms with Crippen LogP contribution < -0.4 is 10.6 Å². The van der Waals surface area contributed by atoms with E-state index >= 15 is 0 Å². The summed E-state index contributed by atoms with van der Waals surface area (Å²) in [5, 5.41) is 0.867. The van der Waals surface area contributed by atoms with Gasteiger partial charge in [-0.15, -0.1) is 0 Å². The van der Waals surface area contributed by atoms with Crippen molar-refractivity contribution >= 4 is 22.8 Å². The summed E-state index contributed by atoms with van der Waals surface area (Å²) in [4.78, 5) is 17.3. The molecule has 2 N–H and O–H groups in total. The van der Waals surface area contributed by atoms with Crippen LogP contribution in [0.2, 0.25) is 0 Å². The van der Waals surface area contributed by atoms with Gasteiger partial charge in [-0.3, -0.25) is 9.78 Å². The van der Waals surface area contributed by atoms with Crippen molar-refractivity contribution in [3.05, 3.63) is 24.0 Å². The highest BCUT2D eigenvalue weighted by molar-refractivity contribution is 5.94. The Morgan fingerprint density at radius 3 is 2.42 bits per heavy atom. The van der Waals surface area contributed by atoms with E-state index in [1.807, 2.05) is 6.07 Å². The lowest BCUT2D eigenvalue weighted by Crippen LogP contribution is -2.36. The van der Waals surface area contributed by atoms with E-state index in [0.29, 0.717) is 17.7 Å². The number of anilines is 1. The average Bonchev–Trinajstić information content (AvgIpc) is 2.69. The fraction of sp³-hybridized carbons (Fsp3) is 0.429. The molecule has 5 nitrogen and oxygen atoms in total. The minimum absolute atomic E-state index is 0.217. The summed E-state index contributed by atoms with van der Waals surface area (Å²) >= 11 is 0. The molecule has 1 amide bonds. The molecule has 0 aromatic carbocycles. The number of nitrogens with zero attached hydrogens (tertiary/aromatic N) is 2. The minimum Gasteiger partial charge on any atom is -0.440 e. The molecule has 0 spiro atoms. The molecule has 0 aliphatic heterocycles. The van der Waals surface area contributed by atoms with E-state index in [4.69, 9.17) is 10.2 Å². The lowest BCUT2D eigenvalue weighted by molar-refractivity contribution is 0.0995. The third-order valence-corrected chi connectivity index (χ3v) is 3.01. The Hall–Kier alpha value is -2.04. The Morgan fingerprint density at radius 2 is 1.89 bits per heavy atom.